The van der Waals surface area contributed by atoms with Crippen LogP contribution < -0.4 is 15.4 Å². The first-order chi connectivity index (χ1) is 8.29. The second-order valence-corrected chi connectivity index (χ2v) is 4.15. The molecular weight excluding hydrogens is 216 g/mol. The summed E-state index contributed by atoms with van der Waals surface area (Å²) in [4.78, 5) is 11.0. The molecule has 0 spiro atoms. The topological polar surface area (TPSA) is 50.4 Å². The lowest BCUT2D eigenvalue weighted by molar-refractivity contribution is 0.243. The van der Waals surface area contributed by atoms with E-state index in [0.29, 0.717) is 6.54 Å². The van der Waals surface area contributed by atoms with E-state index in [-0.39, 0.29) is 6.03 Å². The van der Waals surface area contributed by atoms with Gasteiger partial charge in [0.15, 0.2) is 0 Å². The van der Waals surface area contributed by atoms with Crippen molar-refractivity contribution in [1.82, 2.24) is 10.6 Å². The van der Waals surface area contributed by atoms with Crippen LogP contribution in [-0.4, -0.2) is 26.2 Å². The SMILES string of the molecule is CNC(=O)NCCc1ccc2c(c1)CCCO2. The highest BCUT2D eigenvalue weighted by Crippen LogP contribution is 2.25. The Labute approximate surface area is 101 Å². The molecule has 0 saturated heterocycles. The maximum Gasteiger partial charge on any atom is 0.314 e. The molecule has 0 saturated carbocycles. The quantitative estimate of drug-likeness (QED) is 0.832. The summed E-state index contributed by atoms with van der Waals surface area (Å²) in [6.07, 6.45) is 3.03. The molecule has 2 N–H and O–H groups in total. The molecule has 4 heteroatoms. The number of ether oxygens (including phenoxy) is 1. The van der Waals surface area contributed by atoms with Gasteiger partial charge in [-0.2, -0.15) is 0 Å². The lowest BCUT2D eigenvalue weighted by Gasteiger charge is -2.17. The van der Waals surface area contributed by atoms with Gasteiger partial charge in [0.25, 0.3) is 0 Å². The number of rotatable bonds is 3. The Morgan fingerprint density at radius 2 is 2.35 bits per heavy atom. The zero-order chi connectivity index (χ0) is 12.1. The lowest BCUT2D eigenvalue weighted by Crippen LogP contribution is -2.34. The molecule has 1 aliphatic heterocycles. The summed E-state index contributed by atoms with van der Waals surface area (Å²) in [5.74, 6) is 1.01. The van der Waals surface area contributed by atoms with Crippen molar-refractivity contribution >= 4 is 6.03 Å². The first-order valence-electron chi connectivity index (χ1n) is 6.00. The van der Waals surface area contributed by atoms with Crippen molar-refractivity contribution in [2.24, 2.45) is 0 Å². The summed E-state index contributed by atoms with van der Waals surface area (Å²) in [5, 5.41) is 5.31. The Morgan fingerprint density at radius 1 is 1.47 bits per heavy atom. The largest absolute Gasteiger partial charge is 0.493 e. The van der Waals surface area contributed by atoms with E-state index in [1.807, 2.05) is 6.07 Å². The molecule has 1 aliphatic rings. The van der Waals surface area contributed by atoms with E-state index < -0.39 is 0 Å². The third-order valence-corrected chi connectivity index (χ3v) is 2.90. The van der Waals surface area contributed by atoms with Gasteiger partial charge in [-0.15, -0.1) is 0 Å². The van der Waals surface area contributed by atoms with Gasteiger partial charge in [-0.1, -0.05) is 12.1 Å². The van der Waals surface area contributed by atoms with E-state index in [1.165, 1.54) is 11.1 Å². The second kappa shape index (κ2) is 5.57. The number of amides is 2. The molecule has 1 aromatic rings. The molecule has 2 amide bonds. The maximum atomic E-state index is 11.0. The molecule has 0 aliphatic carbocycles. The molecule has 0 fully saturated rings. The molecule has 4 nitrogen and oxygen atoms in total. The van der Waals surface area contributed by atoms with E-state index in [2.05, 4.69) is 22.8 Å². The van der Waals surface area contributed by atoms with E-state index in [1.54, 1.807) is 7.05 Å². The Kier molecular flexibility index (Phi) is 3.85. The molecular formula is C13H18N2O2. The van der Waals surface area contributed by atoms with E-state index in [9.17, 15) is 4.79 Å². The van der Waals surface area contributed by atoms with Crippen molar-refractivity contribution in [3.63, 3.8) is 0 Å². The van der Waals surface area contributed by atoms with Gasteiger partial charge >= 0.3 is 6.03 Å². The Morgan fingerprint density at radius 3 is 3.18 bits per heavy atom. The van der Waals surface area contributed by atoms with Gasteiger partial charge < -0.3 is 15.4 Å². The van der Waals surface area contributed by atoms with Crippen molar-refractivity contribution < 1.29 is 9.53 Å². The number of aryl methyl sites for hydroxylation is 1. The fourth-order valence-corrected chi connectivity index (χ4v) is 1.98. The molecule has 0 radical (unpaired) electrons. The Hall–Kier alpha value is -1.71. The first-order valence-corrected chi connectivity index (χ1v) is 6.00. The highest BCUT2D eigenvalue weighted by molar-refractivity contribution is 5.73. The molecule has 17 heavy (non-hydrogen) atoms. The van der Waals surface area contributed by atoms with Crippen LogP contribution in [0.3, 0.4) is 0 Å². The molecule has 2 rings (SSSR count). The fourth-order valence-electron chi connectivity index (χ4n) is 1.98. The molecule has 0 unspecified atom stereocenters. The van der Waals surface area contributed by atoms with Gasteiger partial charge in [0.1, 0.15) is 5.75 Å². The number of carbonyl (C=O) groups excluding carboxylic acids is 1. The number of hydrogen-bond acceptors (Lipinski definition) is 2. The summed E-state index contributed by atoms with van der Waals surface area (Å²) in [7, 11) is 1.62. The van der Waals surface area contributed by atoms with Crippen LogP contribution in [0.4, 0.5) is 4.79 Å². The molecule has 0 bridgehead atoms. The molecule has 1 heterocycles. The third-order valence-electron chi connectivity index (χ3n) is 2.90. The van der Waals surface area contributed by atoms with Crippen LogP contribution >= 0.6 is 0 Å². The van der Waals surface area contributed by atoms with Crippen molar-refractivity contribution in [2.45, 2.75) is 19.3 Å². The van der Waals surface area contributed by atoms with Gasteiger partial charge in [-0.05, 0) is 36.5 Å². The van der Waals surface area contributed by atoms with Crippen molar-refractivity contribution in [3.05, 3.63) is 29.3 Å². The number of fused-ring (bicyclic) bond motifs is 1. The number of nitrogens with one attached hydrogen (secondary N) is 2. The standard InChI is InChI=1S/C13H18N2O2/c1-14-13(16)15-7-6-10-4-5-12-11(9-10)3-2-8-17-12/h4-5,9H,2-3,6-8H2,1H3,(H2,14,15,16). The van der Waals surface area contributed by atoms with Gasteiger partial charge in [0.2, 0.25) is 0 Å². The van der Waals surface area contributed by atoms with E-state index in [4.69, 9.17) is 4.74 Å². The van der Waals surface area contributed by atoms with Crippen LogP contribution in [0.15, 0.2) is 18.2 Å². The van der Waals surface area contributed by atoms with Crippen molar-refractivity contribution in [3.8, 4) is 5.75 Å². The Bertz CT molecular complexity index is 404. The lowest BCUT2D eigenvalue weighted by atomic mass is 10.0. The smallest absolute Gasteiger partial charge is 0.314 e. The van der Waals surface area contributed by atoms with Crippen molar-refractivity contribution in [1.29, 1.82) is 0 Å². The maximum absolute atomic E-state index is 11.0. The Balaban J connectivity index is 1.91. The van der Waals surface area contributed by atoms with E-state index >= 15 is 0 Å². The molecule has 0 atom stereocenters. The summed E-state index contributed by atoms with van der Waals surface area (Å²) in [6, 6.07) is 6.14. The van der Waals surface area contributed by atoms with Gasteiger partial charge in [-0.3, -0.25) is 0 Å². The minimum Gasteiger partial charge on any atom is -0.493 e. The fraction of sp³-hybridized carbons (Fsp3) is 0.462. The number of urea groups is 1. The summed E-state index contributed by atoms with van der Waals surface area (Å²) >= 11 is 0. The predicted molar refractivity (Wildman–Crippen MR) is 66.4 cm³/mol. The highest BCUT2D eigenvalue weighted by Gasteiger charge is 2.10. The first kappa shape index (κ1) is 11.8. The molecule has 1 aromatic carbocycles. The number of benzene rings is 1. The average Bonchev–Trinajstić information content (AvgIpc) is 2.38. The van der Waals surface area contributed by atoms with Crippen LogP contribution in [0, 0.1) is 0 Å². The average molecular weight is 234 g/mol. The van der Waals surface area contributed by atoms with Crippen LogP contribution in [0.1, 0.15) is 17.5 Å². The minimum absolute atomic E-state index is 0.133. The minimum atomic E-state index is -0.133. The van der Waals surface area contributed by atoms with Crippen LogP contribution in [0.5, 0.6) is 5.75 Å². The zero-order valence-electron chi connectivity index (χ0n) is 10.1. The summed E-state index contributed by atoms with van der Waals surface area (Å²) in [5.41, 5.74) is 2.53. The number of carbonyl (C=O) groups is 1. The zero-order valence-corrected chi connectivity index (χ0v) is 10.1. The second-order valence-electron chi connectivity index (χ2n) is 4.15. The molecule has 92 valence electrons. The van der Waals surface area contributed by atoms with Gasteiger partial charge in [0.05, 0.1) is 6.61 Å². The van der Waals surface area contributed by atoms with Crippen LogP contribution in [0.25, 0.3) is 0 Å². The van der Waals surface area contributed by atoms with Crippen LogP contribution in [-0.2, 0) is 12.8 Å². The predicted octanol–water partition coefficient (Wildman–Crippen LogP) is 1.48. The highest BCUT2D eigenvalue weighted by atomic mass is 16.5. The number of hydrogen-bond donors (Lipinski definition) is 2. The van der Waals surface area contributed by atoms with Crippen LogP contribution in [0.2, 0.25) is 0 Å². The van der Waals surface area contributed by atoms with Gasteiger partial charge in [-0.25, -0.2) is 4.79 Å². The third kappa shape index (κ3) is 3.12. The summed E-state index contributed by atoms with van der Waals surface area (Å²) in [6.45, 7) is 1.48. The van der Waals surface area contributed by atoms with Crippen molar-refractivity contribution in [2.75, 3.05) is 20.2 Å². The molecule has 0 aromatic heterocycles. The monoisotopic (exact) mass is 234 g/mol. The van der Waals surface area contributed by atoms with Gasteiger partial charge in [0, 0.05) is 13.6 Å². The normalized spacial score (nSPS) is 13.5. The summed E-state index contributed by atoms with van der Waals surface area (Å²) < 4.78 is 5.56. The van der Waals surface area contributed by atoms with E-state index in [0.717, 1.165) is 31.6 Å².